The van der Waals surface area contributed by atoms with Crippen LogP contribution >= 0.6 is 0 Å². The molecule has 0 aliphatic heterocycles. The summed E-state index contributed by atoms with van der Waals surface area (Å²) in [6.45, 7) is 8.87. The van der Waals surface area contributed by atoms with E-state index in [9.17, 15) is 0 Å². The van der Waals surface area contributed by atoms with Gasteiger partial charge < -0.3 is 24.8 Å². The maximum absolute atomic E-state index is 3.37. The average Bonchev–Trinajstić information content (AvgIpc) is 3.53. The van der Waals surface area contributed by atoms with Crippen molar-refractivity contribution in [2.24, 2.45) is 5.41 Å². The van der Waals surface area contributed by atoms with Crippen molar-refractivity contribution in [1.29, 1.82) is 0 Å². The first kappa shape index (κ1) is 32.9. The van der Waals surface area contributed by atoms with Gasteiger partial charge in [0.25, 0.3) is 0 Å². The molecule has 0 aromatic heterocycles. The molecule has 0 amide bonds. The molecule has 39 heavy (non-hydrogen) atoms. The standard InChI is InChI=1S/C13H9.C13H10.C10H15.2ClH.Zr/c1-3-7-12-10(5-1)9-11-6-2-4-8-13(11)12;1-3-7-12(8-4-1)11-13-9-5-2-6-10-13;1-8-6-5-7-9(8)10(2,3)4;;;/h1-5,7-8H,9H2;1-10H;6H,5H2,1-4H3;2*1H;/q-1;;-1;;;+2/p-2. The second-order valence-electron chi connectivity index (χ2n) is 10.4. The van der Waals surface area contributed by atoms with Crippen LogP contribution < -0.4 is 24.8 Å². The molecule has 3 heteroatoms. The SMILES string of the molecule is CC1=CC[C-]=C1C(C)(C)C.[Cl-].[Cl-].[Zr+2]=[C](c1ccccc1)c1ccccc1.[c-]1cccc2c1Cc1ccccc1-2. The van der Waals surface area contributed by atoms with Gasteiger partial charge in [0.2, 0.25) is 0 Å². The van der Waals surface area contributed by atoms with Crippen molar-refractivity contribution in [3.8, 4) is 11.1 Å². The van der Waals surface area contributed by atoms with Crippen LogP contribution in [0, 0.1) is 17.6 Å². The number of benzene rings is 4. The smallest absolute Gasteiger partial charge is 0.0253 e. The van der Waals surface area contributed by atoms with Gasteiger partial charge in [0, 0.05) is 0 Å². The number of hydrogen-bond donors (Lipinski definition) is 0. The summed E-state index contributed by atoms with van der Waals surface area (Å²) < 4.78 is 1.42. The van der Waals surface area contributed by atoms with Crippen LogP contribution in [-0.2, 0) is 30.7 Å². The third kappa shape index (κ3) is 8.84. The van der Waals surface area contributed by atoms with Crippen LogP contribution in [0.3, 0.4) is 0 Å². The monoisotopic (exact) mass is 626 g/mol. The normalized spacial score (nSPS) is 12.5. The average molecular weight is 629 g/mol. The molecular weight excluding hydrogens is 595 g/mol. The van der Waals surface area contributed by atoms with E-state index < -0.39 is 0 Å². The van der Waals surface area contributed by atoms with Crippen LogP contribution in [0.15, 0.2) is 120 Å². The van der Waals surface area contributed by atoms with Crippen molar-refractivity contribution < 1.29 is 49.0 Å². The summed E-state index contributed by atoms with van der Waals surface area (Å²) in [6, 6.07) is 39.2. The summed E-state index contributed by atoms with van der Waals surface area (Å²) >= 11 is 1.46. The molecule has 0 fully saturated rings. The second kappa shape index (κ2) is 15.5. The van der Waals surface area contributed by atoms with Gasteiger partial charge in [0.1, 0.15) is 0 Å². The van der Waals surface area contributed by atoms with Gasteiger partial charge >= 0.3 is 99.2 Å². The fourth-order valence-electron chi connectivity index (χ4n) is 4.78. The molecule has 6 rings (SSSR count). The summed E-state index contributed by atoms with van der Waals surface area (Å²) in [5, 5.41) is 0. The Hall–Kier alpha value is -2.31. The van der Waals surface area contributed by atoms with Gasteiger partial charge in [-0.25, -0.2) is 11.1 Å². The van der Waals surface area contributed by atoms with Crippen LogP contribution in [-0.4, -0.2) is 3.21 Å². The van der Waals surface area contributed by atoms with E-state index in [2.05, 4.69) is 143 Å². The molecule has 0 radical (unpaired) electrons. The van der Waals surface area contributed by atoms with Gasteiger partial charge in [-0.15, -0.1) is 18.9 Å². The van der Waals surface area contributed by atoms with Gasteiger partial charge in [0.05, 0.1) is 0 Å². The predicted octanol–water partition coefficient (Wildman–Crippen LogP) is 2.98. The number of fused-ring (bicyclic) bond motifs is 3. The maximum atomic E-state index is 3.37. The molecule has 2 aliphatic rings. The number of rotatable bonds is 2. The Bertz CT molecular complexity index is 1330. The van der Waals surface area contributed by atoms with Crippen molar-refractivity contribution in [3.63, 3.8) is 0 Å². The molecule has 198 valence electrons. The molecule has 0 saturated carbocycles. The van der Waals surface area contributed by atoms with Crippen LogP contribution in [0.1, 0.15) is 56.4 Å². The summed E-state index contributed by atoms with van der Waals surface area (Å²) in [5.41, 5.74) is 11.3. The molecule has 2 aliphatic carbocycles. The maximum Gasteiger partial charge on any atom is -0.0253 e. The van der Waals surface area contributed by atoms with Crippen molar-refractivity contribution >= 4 is 3.21 Å². The van der Waals surface area contributed by atoms with E-state index in [0.29, 0.717) is 0 Å². The summed E-state index contributed by atoms with van der Waals surface area (Å²) in [4.78, 5) is 0. The Balaban J connectivity index is 0.000000203. The van der Waals surface area contributed by atoms with Crippen molar-refractivity contribution in [2.45, 2.75) is 40.5 Å². The second-order valence-corrected chi connectivity index (χ2v) is 11.6. The van der Waals surface area contributed by atoms with Gasteiger partial charge in [-0.05, 0) is 11.8 Å². The molecule has 0 atom stereocenters. The molecule has 4 aromatic rings. The van der Waals surface area contributed by atoms with Gasteiger partial charge in [-0.1, -0.05) is 56.2 Å². The fourth-order valence-corrected chi connectivity index (χ4v) is 5.60. The van der Waals surface area contributed by atoms with Gasteiger partial charge in [-0.3, -0.25) is 6.08 Å². The Morgan fingerprint density at radius 2 is 1.26 bits per heavy atom. The molecule has 0 saturated heterocycles. The van der Waals surface area contributed by atoms with E-state index in [1.165, 1.54) is 72.0 Å². The Morgan fingerprint density at radius 3 is 1.77 bits per heavy atom. The summed E-state index contributed by atoms with van der Waals surface area (Å²) in [6.07, 6.45) is 7.67. The topological polar surface area (TPSA) is 0 Å². The summed E-state index contributed by atoms with van der Waals surface area (Å²) in [5.74, 6) is 0. The van der Waals surface area contributed by atoms with Crippen LogP contribution in [0.25, 0.3) is 11.1 Å². The minimum atomic E-state index is 0. The molecule has 0 spiro atoms. The minimum Gasteiger partial charge on any atom is -0.179 e. The van der Waals surface area contributed by atoms with Gasteiger partial charge in [0.15, 0.2) is 0 Å². The Labute approximate surface area is 262 Å². The van der Waals surface area contributed by atoms with E-state index >= 15 is 0 Å². The van der Waals surface area contributed by atoms with Gasteiger partial charge in [-0.2, -0.15) is 35.9 Å². The van der Waals surface area contributed by atoms with E-state index in [-0.39, 0.29) is 30.2 Å². The summed E-state index contributed by atoms with van der Waals surface area (Å²) in [7, 11) is 0. The fraction of sp³-hybridized carbons (Fsp3) is 0.194. The number of allylic oxidation sites excluding steroid dienone is 4. The Kier molecular flexibility index (Phi) is 13.1. The van der Waals surface area contributed by atoms with Crippen LogP contribution in [0.4, 0.5) is 0 Å². The van der Waals surface area contributed by atoms with E-state index in [1.807, 2.05) is 6.07 Å². The zero-order valence-corrected chi connectivity index (χ0v) is 27.0. The largest absolute Gasteiger partial charge is 0.179 e. The quantitative estimate of drug-likeness (QED) is 0.264. The Morgan fingerprint density at radius 1 is 0.718 bits per heavy atom. The first-order valence-electron chi connectivity index (χ1n) is 12.9. The first-order chi connectivity index (χ1) is 17.8. The third-order valence-electron chi connectivity index (χ3n) is 6.57. The minimum absolute atomic E-state index is 0. The van der Waals surface area contributed by atoms with E-state index in [1.54, 1.807) is 0 Å². The van der Waals surface area contributed by atoms with Crippen LogP contribution in [0.5, 0.6) is 0 Å². The molecular formula is C36H34Cl2Zr-2. The molecule has 0 N–H and O–H groups in total. The number of hydrogen-bond acceptors (Lipinski definition) is 0. The third-order valence-corrected chi connectivity index (χ3v) is 7.99. The van der Waals surface area contributed by atoms with Crippen molar-refractivity contribution in [2.75, 3.05) is 0 Å². The predicted molar refractivity (Wildman–Crippen MR) is 154 cm³/mol. The van der Waals surface area contributed by atoms with Crippen LogP contribution in [0.2, 0.25) is 0 Å². The van der Waals surface area contributed by atoms with Crippen molar-refractivity contribution in [1.82, 2.24) is 0 Å². The molecule has 0 nitrogen and oxygen atoms in total. The molecule has 0 bridgehead atoms. The van der Waals surface area contributed by atoms with E-state index in [4.69, 9.17) is 0 Å². The zero-order chi connectivity index (χ0) is 26.3. The number of halogens is 2. The van der Waals surface area contributed by atoms with E-state index in [0.717, 1.165) is 12.8 Å². The zero-order valence-electron chi connectivity index (χ0n) is 23.1. The molecule has 0 heterocycles. The molecule has 0 unspecified atom stereocenters. The molecule has 4 aromatic carbocycles. The first-order valence-corrected chi connectivity index (χ1v) is 14.1. The van der Waals surface area contributed by atoms with Crippen molar-refractivity contribution in [3.05, 3.63) is 155 Å².